The van der Waals surface area contributed by atoms with Crippen LogP contribution in [0.15, 0.2) is 67.0 Å². The number of aromatic nitrogens is 2. The van der Waals surface area contributed by atoms with Gasteiger partial charge in [0.15, 0.2) is 0 Å². The van der Waals surface area contributed by atoms with E-state index in [-0.39, 0.29) is 0 Å². The third-order valence-corrected chi connectivity index (χ3v) is 3.21. The first-order chi connectivity index (χ1) is 10.8. The zero-order chi connectivity index (χ0) is 15.2. The van der Waals surface area contributed by atoms with E-state index in [1.165, 1.54) is 0 Å². The van der Waals surface area contributed by atoms with Crippen LogP contribution >= 0.6 is 0 Å². The molecule has 0 saturated carbocycles. The number of nitrogens with zero attached hydrogens (tertiary/aromatic N) is 2. The van der Waals surface area contributed by atoms with Gasteiger partial charge in [-0.2, -0.15) is 0 Å². The molecule has 0 aliphatic carbocycles. The van der Waals surface area contributed by atoms with Crippen molar-refractivity contribution in [2.75, 3.05) is 0 Å². The lowest BCUT2D eigenvalue weighted by molar-refractivity contribution is 0.112. The maximum atomic E-state index is 10.7. The molecule has 0 radical (unpaired) electrons. The minimum Gasteiger partial charge on any atom is -0.471 e. The van der Waals surface area contributed by atoms with Crippen LogP contribution in [0.2, 0.25) is 0 Å². The molecule has 0 N–H and O–H groups in total. The Morgan fingerprint density at radius 2 is 1.73 bits per heavy atom. The molecule has 2 heterocycles. The van der Waals surface area contributed by atoms with Gasteiger partial charge in [0.25, 0.3) is 0 Å². The molecule has 108 valence electrons. The van der Waals surface area contributed by atoms with Gasteiger partial charge in [-0.15, -0.1) is 0 Å². The second kappa shape index (κ2) is 6.63. The van der Waals surface area contributed by atoms with E-state index in [1.807, 2.05) is 42.5 Å². The van der Waals surface area contributed by atoms with Crippen molar-refractivity contribution in [1.82, 2.24) is 9.97 Å². The van der Waals surface area contributed by atoms with Crippen LogP contribution < -0.4 is 4.74 Å². The van der Waals surface area contributed by atoms with Crippen LogP contribution in [0.5, 0.6) is 5.88 Å². The van der Waals surface area contributed by atoms with Crippen molar-refractivity contribution in [2.24, 2.45) is 0 Å². The number of aldehydes is 1. The molecule has 0 unspecified atom stereocenters. The SMILES string of the molecule is O=Cc1ccc(-c2ccc(OCc3ccccn3)nc2)cc1. The number of carbonyl (C=O) groups is 1. The fourth-order valence-corrected chi connectivity index (χ4v) is 2.02. The monoisotopic (exact) mass is 290 g/mol. The van der Waals surface area contributed by atoms with Gasteiger partial charge in [0.05, 0.1) is 5.69 Å². The van der Waals surface area contributed by atoms with Gasteiger partial charge >= 0.3 is 0 Å². The van der Waals surface area contributed by atoms with Crippen molar-refractivity contribution in [3.8, 4) is 17.0 Å². The number of rotatable bonds is 5. The van der Waals surface area contributed by atoms with Crippen LogP contribution in [-0.2, 0) is 6.61 Å². The third-order valence-electron chi connectivity index (χ3n) is 3.21. The number of hydrogen-bond donors (Lipinski definition) is 0. The van der Waals surface area contributed by atoms with Crippen molar-refractivity contribution in [3.63, 3.8) is 0 Å². The van der Waals surface area contributed by atoms with Gasteiger partial charge in [-0.05, 0) is 23.8 Å². The number of pyridine rings is 2. The Morgan fingerprint density at radius 3 is 2.36 bits per heavy atom. The summed E-state index contributed by atoms with van der Waals surface area (Å²) >= 11 is 0. The van der Waals surface area contributed by atoms with Crippen LogP contribution in [0, 0.1) is 0 Å². The quantitative estimate of drug-likeness (QED) is 0.674. The fourth-order valence-electron chi connectivity index (χ4n) is 2.02. The van der Waals surface area contributed by atoms with Gasteiger partial charge in [0, 0.05) is 29.6 Å². The Bertz CT molecular complexity index is 738. The number of benzene rings is 1. The summed E-state index contributed by atoms with van der Waals surface area (Å²) in [6, 6.07) is 16.8. The highest BCUT2D eigenvalue weighted by Gasteiger charge is 2.01. The zero-order valence-electron chi connectivity index (χ0n) is 11.8. The lowest BCUT2D eigenvalue weighted by atomic mass is 10.1. The second-order valence-corrected chi connectivity index (χ2v) is 4.73. The van der Waals surface area contributed by atoms with Gasteiger partial charge in [0.1, 0.15) is 12.9 Å². The van der Waals surface area contributed by atoms with E-state index in [2.05, 4.69) is 9.97 Å². The highest BCUT2D eigenvalue weighted by Crippen LogP contribution is 2.20. The summed E-state index contributed by atoms with van der Waals surface area (Å²) in [6.07, 6.45) is 4.32. The van der Waals surface area contributed by atoms with Crippen LogP contribution in [0.1, 0.15) is 16.1 Å². The molecule has 1 aromatic carbocycles. The predicted octanol–water partition coefficient (Wildman–Crippen LogP) is 3.54. The Labute approximate surface area is 128 Å². The van der Waals surface area contributed by atoms with Crippen LogP contribution in [0.4, 0.5) is 0 Å². The van der Waals surface area contributed by atoms with Gasteiger partial charge in [-0.25, -0.2) is 4.98 Å². The lowest BCUT2D eigenvalue weighted by Gasteiger charge is -2.06. The summed E-state index contributed by atoms with van der Waals surface area (Å²) in [5.74, 6) is 0.555. The van der Waals surface area contributed by atoms with Crippen LogP contribution in [0.25, 0.3) is 11.1 Å². The molecule has 0 fully saturated rings. The molecule has 0 amide bonds. The Hall–Kier alpha value is -3.01. The first kappa shape index (κ1) is 13.9. The summed E-state index contributed by atoms with van der Waals surface area (Å²) in [7, 11) is 0. The van der Waals surface area contributed by atoms with E-state index in [0.29, 0.717) is 18.1 Å². The molecule has 0 bridgehead atoms. The minimum atomic E-state index is 0.390. The molecule has 0 aliphatic rings. The Balaban J connectivity index is 1.68. The van der Waals surface area contributed by atoms with Crippen molar-refractivity contribution in [3.05, 3.63) is 78.2 Å². The van der Waals surface area contributed by atoms with Gasteiger partial charge in [-0.1, -0.05) is 30.3 Å². The van der Waals surface area contributed by atoms with E-state index in [0.717, 1.165) is 23.1 Å². The molecule has 3 rings (SSSR count). The largest absolute Gasteiger partial charge is 0.471 e. The topological polar surface area (TPSA) is 52.1 Å². The highest BCUT2D eigenvalue weighted by molar-refractivity contribution is 5.76. The lowest BCUT2D eigenvalue weighted by Crippen LogP contribution is -1.98. The van der Waals surface area contributed by atoms with E-state index in [9.17, 15) is 4.79 Å². The molecular weight excluding hydrogens is 276 g/mol. The number of ether oxygens (including phenoxy) is 1. The molecular formula is C18H14N2O2. The average molecular weight is 290 g/mol. The van der Waals surface area contributed by atoms with E-state index >= 15 is 0 Å². The smallest absolute Gasteiger partial charge is 0.213 e. The molecule has 4 heteroatoms. The summed E-state index contributed by atoms with van der Waals surface area (Å²) in [5.41, 5.74) is 3.50. The van der Waals surface area contributed by atoms with Crippen LogP contribution in [-0.4, -0.2) is 16.3 Å². The first-order valence-corrected chi connectivity index (χ1v) is 6.89. The highest BCUT2D eigenvalue weighted by atomic mass is 16.5. The summed E-state index contributed by atoms with van der Waals surface area (Å²) in [5, 5.41) is 0. The van der Waals surface area contributed by atoms with Crippen molar-refractivity contribution < 1.29 is 9.53 Å². The van der Waals surface area contributed by atoms with Gasteiger partial charge in [-0.3, -0.25) is 9.78 Å². The van der Waals surface area contributed by atoms with E-state index in [1.54, 1.807) is 24.5 Å². The summed E-state index contributed by atoms with van der Waals surface area (Å²) in [4.78, 5) is 19.1. The summed E-state index contributed by atoms with van der Waals surface area (Å²) < 4.78 is 5.60. The predicted molar refractivity (Wildman–Crippen MR) is 83.6 cm³/mol. The normalized spacial score (nSPS) is 10.2. The molecule has 22 heavy (non-hydrogen) atoms. The molecule has 0 saturated heterocycles. The molecule has 3 aromatic rings. The fraction of sp³-hybridized carbons (Fsp3) is 0.0556. The molecule has 0 atom stereocenters. The first-order valence-electron chi connectivity index (χ1n) is 6.89. The summed E-state index contributed by atoms with van der Waals surface area (Å²) in [6.45, 7) is 0.390. The number of hydrogen-bond acceptors (Lipinski definition) is 4. The Morgan fingerprint density at radius 1 is 0.909 bits per heavy atom. The van der Waals surface area contributed by atoms with E-state index < -0.39 is 0 Å². The molecule has 4 nitrogen and oxygen atoms in total. The maximum Gasteiger partial charge on any atom is 0.213 e. The molecule has 2 aromatic heterocycles. The van der Waals surface area contributed by atoms with Crippen LogP contribution in [0.3, 0.4) is 0 Å². The molecule has 0 spiro atoms. The second-order valence-electron chi connectivity index (χ2n) is 4.73. The number of carbonyl (C=O) groups excluding carboxylic acids is 1. The van der Waals surface area contributed by atoms with Gasteiger partial charge in [0.2, 0.25) is 5.88 Å². The van der Waals surface area contributed by atoms with Gasteiger partial charge < -0.3 is 4.74 Å². The average Bonchev–Trinajstić information content (AvgIpc) is 2.61. The van der Waals surface area contributed by atoms with E-state index in [4.69, 9.17) is 4.74 Å². The Kier molecular flexibility index (Phi) is 4.20. The van der Waals surface area contributed by atoms with Crippen molar-refractivity contribution in [2.45, 2.75) is 6.61 Å². The van der Waals surface area contributed by atoms with Crippen molar-refractivity contribution in [1.29, 1.82) is 0 Å². The third kappa shape index (κ3) is 3.35. The molecule has 0 aliphatic heterocycles. The van der Waals surface area contributed by atoms with Crippen molar-refractivity contribution >= 4 is 6.29 Å². The minimum absolute atomic E-state index is 0.390. The zero-order valence-corrected chi connectivity index (χ0v) is 11.8. The maximum absolute atomic E-state index is 10.7. The standard InChI is InChI=1S/C18H14N2O2/c21-12-14-4-6-15(7-5-14)16-8-9-18(20-11-16)22-13-17-3-1-2-10-19-17/h1-12H,13H2.